The van der Waals surface area contributed by atoms with Gasteiger partial charge in [0.2, 0.25) is 0 Å². The lowest BCUT2D eigenvalue weighted by Gasteiger charge is -1.93. The molecule has 0 amide bonds. The quantitative estimate of drug-likeness (QED) is 0.426. The van der Waals surface area contributed by atoms with Crippen LogP contribution in [0.4, 0.5) is 0 Å². The van der Waals surface area contributed by atoms with Crippen molar-refractivity contribution in [3.63, 3.8) is 0 Å². The molecule has 0 aliphatic heterocycles. The fourth-order valence-corrected chi connectivity index (χ4v) is 1.32. The first kappa shape index (κ1) is 8.26. The molecular weight excluding hydrogens is 161 g/mol. The van der Waals surface area contributed by atoms with E-state index in [1.54, 1.807) is 0 Å². The Bertz CT molecular complexity index is 261. The Morgan fingerprint density at radius 1 is 1.91 bits per heavy atom. The van der Waals surface area contributed by atoms with Crippen LogP contribution in [0.1, 0.15) is 5.69 Å². The van der Waals surface area contributed by atoms with E-state index in [2.05, 4.69) is 9.72 Å². The average molecular weight is 169 g/mol. The van der Waals surface area contributed by atoms with E-state index >= 15 is 0 Å². The Morgan fingerprint density at radius 3 is 3.09 bits per heavy atom. The highest BCUT2D eigenvalue weighted by molar-refractivity contribution is 7.17. The van der Waals surface area contributed by atoms with E-state index in [0.717, 1.165) is 10.6 Å². The van der Waals surface area contributed by atoms with Crippen LogP contribution in [0.3, 0.4) is 0 Å². The second kappa shape index (κ2) is 3.53. The summed E-state index contributed by atoms with van der Waals surface area (Å²) in [7, 11) is 3.28. The first-order valence-electron chi connectivity index (χ1n) is 3.20. The van der Waals surface area contributed by atoms with Crippen molar-refractivity contribution in [1.29, 1.82) is 0 Å². The minimum Gasteiger partial charge on any atom is -0.469 e. The topological polar surface area (TPSA) is 39.2 Å². The monoisotopic (exact) mass is 169 g/mol. The molecule has 1 aromatic heterocycles. The van der Waals surface area contributed by atoms with Crippen LogP contribution in [0, 0.1) is 0 Å². The summed E-state index contributed by atoms with van der Waals surface area (Å²) in [5, 5.41) is 1.87. The number of nitrogens with zero attached hydrogens (tertiary/aromatic N) is 1. The molecule has 0 aliphatic carbocycles. The van der Waals surface area contributed by atoms with Crippen molar-refractivity contribution in [2.24, 2.45) is 0 Å². The van der Waals surface area contributed by atoms with Crippen molar-refractivity contribution in [2.45, 2.75) is 6.42 Å². The predicted octanol–water partition coefficient (Wildman–Crippen LogP) is -0.883. The molecule has 0 radical (unpaired) electrons. The lowest BCUT2D eigenvalue weighted by Crippen LogP contribution is -2.07. The third-order valence-electron chi connectivity index (χ3n) is 1.22. The molecule has 0 N–H and O–H groups in total. The maximum absolute atomic E-state index is 10.7. The van der Waals surface area contributed by atoms with Gasteiger partial charge in [-0.3, -0.25) is 9.78 Å². The van der Waals surface area contributed by atoms with Crippen LogP contribution in [0.2, 0.25) is 0 Å². The average Bonchev–Trinajstić information content (AvgIpc) is 2.35. The number of carbonyl (C=O) groups is 1. The normalized spacial score (nSPS) is 9.55. The lowest BCUT2D eigenvalue weighted by molar-refractivity contribution is -0.139. The van der Waals surface area contributed by atoms with Gasteiger partial charge in [0.1, 0.15) is 0 Å². The molecule has 0 atom stereocenters. The third kappa shape index (κ3) is 2.34. The Balaban J connectivity index is 2.57. The number of rotatable bonds is 2. The molecule has 1 heterocycles. The number of hydrogen-bond acceptors (Lipinski definition) is 4. The zero-order valence-electron chi connectivity index (χ0n) is 6.46. The first-order chi connectivity index (χ1) is 5.22. The van der Waals surface area contributed by atoms with Gasteiger partial charge in [-0.2, -0.15) is 0 Å². The highest BCUT2D eigenvalue weighted by Crippen LogP contribution is 1.99. The number of hydrogen-bond donors (Lipinski definition) is 0. The van der Waals surface area contributed by atoms with Crippen LogP contribution in [-0.2, 0) is 16.0 Å². The van der Waals surface area contributed by atoms with Crippen LogP contribution in [0.15, 0.2) is 5.38 Å². The SMILES string of the molecule is Bc1nc(CC(=O)OC)cs1. The number of carbonyl (C=O) groups excluding carboxylic acids is 1. The van der Waals surface area contributed by atoms with Crippen LogP contribution in [0.5, 0.6) is 0 Å². The molecule has 0 aromatic carbocycles. The molecule has 0 fully saturated rings. The highest BCUT2D eigenvalue weighted by Gasteiger charge is 2.04. The van der Waals surface area contributed by atoms with Gasteiger partial charge in [0.05, 0.1) is 19.2 Å². The molecule has 0 unspecified atom stereocenters. The van der Waals surface area contributed by atoms with Gasteiger partial charge in [0.25, 0.3) is 0 Å². The van der Waals surface area contributed by atoms with E-state index in [-0.39, 0.29) is 12.4 Å². The van der Waals surface area contributed by atoms with Gasteiger partial charge in [-0.1, -0.05) is 0 Å². The van der Waals surface area contributed by atoms with E-state index in [1.165, 1.54) is 18.4 Å². The summed E-state index contributed by atoms with van der Waals surface area (Å²) in [4.78, 5) is 15.8. The summed E-state index contributed by atoms with van der Waals surface area (Å²) in [5.74, 6) is -0.240. The molecule has 0 bridgehead atoms. The summed E-state index contributed by atoms with van der Waals surface area (Å²) < 4.78 is 4.49. The zero-order valence-corrected chi connectivity index (χ0v) is 7.27. The first-order valence-corrected chi connectivity index (χ1v) is 4.08. The molecule has 1 aromatic rings. The van der Waals surface area contributed by atoms with Crippen molar-refractivity contribution in [1.82, 2.24) is 4.98 Å². The van der Waals surface area contributed by atoms with E-state index in [4.69, 9.17) is 0 Å². The van der Waals surface area contributed by atoms with Gasteiger partial charge in [-0.05, 0) is 0 Å². The summed E-state index contributed by atoms with van der Waals surface area (Å²) in [6.07, 6.45) is 0.279. The Morgan fingerprint density at radius 2 is 2.64 bits per heavy atom. The van der Waals surface area contributed by atoms with Crippen LogP contribution in [-0.4, -0.2) is 25.9 Å². The number of methoxy groups -OCH3 is 1. The van der Waals surface area contributed by atoms with Crippen molar-refractivity contribution < 1.29 is 9.53 Å². The van der Waals surface area contributed by atoms with Gasteiger partial charge in [-0.25, -0.2) is 0 Å². The standard InChI is InChI=1S/C6H8BNO2S/c1-10-5(9)2-4-3-11-6(7)8-4/h3H,2,7H2,1H3. The molecule has 5 heteroatoms. The number of esters is 1. The van der Waals surface area contributed by atoms with E-state index in [1.807, 2.05) is 13.2 Å². The lowest BCUT2D eigenvalue weighted by atomic mass is 10.2. The fourth-order valence-electron chi connectivity index (χ4n) is 0.709. The summed E-state index contributed by atoms with van der Waals surface area (Å²) in [5.41, 5.74) is 0.791. The van der Waals surface area contributed by atoms with Crippen LogP contribution < -0.4 is 4.91 Å². The molecule has 3 nitrogen and oxygen atoms in total. The molecule has 1 rings (SSSR count). The van der Waals surface area contributed by atoms with Crippen molar-refractivity contribution in [3.05, 3.63) is 11.1 Å². The van der Waals surface area contributed by atoms with Gasteiger partial charge in [-0.15, -0.1) is 11.3 Å². The largest absolute Gasteiger partial charge is 0.469 e. The summed E-state index contributed by atoms with van der Waals surface area (Å²) in [6.45, 7) is 0. The fraction of sp³-hybridized carbons (Fsp3) is 0.333. The maximum Gasteiger partial charge on any atom is 0.311 e. The number of thiazole rings is 1. The van der Waals surface area contributed by atoms with Crippen molar-refractivity contribution in [2.75, 3.05) is 7.11 Å². The van der Waals surface area contributed by atoms with Gasteiger partial charge in [0, 0.05) is 10.3 Å². The van der Waals surface area contributed by atoms with Gasteiger partial charge in [0.15, 0.2) is 7.85 Å². The number of aromatic nitrogens is 1. The van der Waals surface area contributed by atoms with E-state index < -0.39 is 0 Å². The summed E-state index contributed by atoms with van der Waals surface area (Å²) in [6, 6.07) is 0. The minimum absolute atomic E-state index is 0.240. The predicted molar refractivity (Wildman–Crippen MR) is 46.0 cm³/mol. The van der Waals surface area contributed by atoms with Crippen molar-refractivity contribution in [3.8, 4) is 0 Å². The third-order valence-corrected chi connectivity index (χ3v) is 2.04. The molecule has 0 saturated carbocycles. The molecule has 0 aliphatic rings. The van der Waals surface area contributed by atoms with Gasteiger partial charge < -0.3 is 4.74 Å². The molecular formula is C6H8BNO2S. The second-order valence-corrected chi connectivity index (χ2v) is 3.17. The maximum atomic E-state index is 10.7. The Labute approximate surface area is 69.8 Å². The zero-order chi connectivity index (χ0) is 8.27. The molecule has 0 saturated heterocycles. The van der Waals surface area contributed by atoms with Crippen LogP contribution >= 0.6 is 11.3 Å². The highest BCUT2D eigenvalue weighted by atomic mass is 32.1. The minimum atomic E-state index is -0.240. The van der Waals surface area contributed by atoms with Gasteiger partial charge >= 0.3 is 5.97 Å². The smallest absolute Gasteiger partial charge is 0.311 e. The molecule has 11 heavy (non-hydrogen) atoms. The van der Waals surface area contributed by atoms with Crippen LogP contribution in [0.25, 0.3) is 0 Å². The number of ether oxygens (including phenoxy) is 1. The Kier molecular flexibility index (Phi) is 2.65. The molecule has 0 spiro atoms. The van der Waals surface area contributed by atoms with E-state index in [0.29, 0.717) is 0 Å². The van der Waals surface area contributed by atoms with Crippen molar-refractivity contribution >= 4 is 30.1 Å². The van der Waals surface area contributed by atoms with E-state index in [9.17, 15) is 4.79 Å². The summed E-state index contributed by atoms with van der Waals surface area (Å²) >= 11 is 1.54. The Hall–Kier alpha value is -0.835. The molecule has 58 valence electrons. The second-order valence-electron chi connectivity index (χ2n) is 2.11.